The molecule has 7 nitrogen and oxygen atoms in total. The summed E-state index contributed by atoms with van der Waals surface area (Å²) in [4.78, 5) is 48.2. The lowest BCUT2D eigenvalue weighted by atomic mass is 10.4. The highest BCUT2D eigenvalue weighted by Gasteiger charge is 2.33. The maximum atomic E-state index is 11.0. The van der Waals surface area contributed by atoms with E-state index in [0.29, 0.717) is 5.06 Å². The standard InChI is InChI=1S/C8H10N2O5/c1-9-5(11)4-8(14)15-10-6(12)2-3-7(10)13/h2-4H2,1H3,(H,9,11). The minimum atomic E-state index is -0.932. The molecule has 0 aromatic carbocycles. The Labute approximate surface area is 85.3 Å². The van der Waals surface area contributed by atoms with Gasteiger partial charge in [-0.05, 0) is 0 Å². The van der Waals surface area contributed by atoms with Crippen molar-refractivity contribution in [2.75, 3.05) is 7.05 Å². The van der Waals surface area contributed by atoms with Gasteiger partial charge in [0.2, 0.25) is 5.91 Å². The van der Waals surface area contributed by atoms with Crippen LogP contribution >= 0.6 is 0 Å². The van der Waals surface area contributed by atoms with Crippen molar-refractivity contribution < 1.29 is 24.0 Å². The molecule has 0 unspecified atom stereocenters. The fourth-order valence-electron chi connectivity index (χ4n) is 1.01. The summed E-state index contributed by atoms with van der Waals surface area (Å²) in [5.41, 5.74) is 0. The first-order valence-corrected chi connectivity index (χ1v) is 4.31. The van der Waals surface area contributed by atoms with Gasteiger partial charge in [-0.1, -0.05) is 0 Å². The zero-order valence-electron chi connectivity index (χ0n) is 8.11. The van der Waals surface area contributed by atoms with Crippen LogP contribution in [0.2, 0.25) is 0 Å². The third kappa shape index (κ3) is 2.76. The molecule has 1 heterocycles. The molecule has 1 aliphatic heterocycles. The van der Waals surface area contributed by atoms with E-state index in [1.165, 1.54) is 7.05 Å². The van der Waals surface area contributed by atoms with E-state index in [1.807, 2.05) is 0 Å². The van der Waals surface area contributed by atoms with Crippen LogP contribution in [0.15, 0.2) is 0 Å². The number of carbonyl (C=O) groups is 4. The van der Waals surface area contributed by atoms with Crippen LogP contribution in [0.4, 0.5) is 0 Å². The number of amides is 3. The van der Waals surface area contributed by atoms with Gasteiger partial charge in [-0.3, -0.25) is 14.4 Å². The molecule has 0 atom stereocenters. The molecular weight excluding hydrogens is 204 g/mol. The highest BCUT2D eigenvalue weighted by molar-refractivity contribution is 6.02. The number of hydrogen-bond donors (Lipinski definition) is 1. The molecular formula is C8H10N2O5. The molecule has 82 valence electrons. The smallest absolute Gasteiger partial charge is 0.342 e. The van der Waals surface area contributed by atoms with Crippen LogP contribution in [0, 0.1) is 0 Å². The molecule has 0 bridgehead atoms. The topological polar surface area (TPSA) is 92.8 Å². The second kappa shape index (κ2) is 4.54. The molecule has 0 radical (unpaired) electrons. The third-order valence-corrected chi connectivity index (χ3v) is 1.78. The average molecular weight is 214 g/mol. The Morgan fingerprint density at radius 2 is 1.87 bits per heavy atom. The van der Waals surface area contributed by atoms with Gasteiger partial charge in [-0.15, -0.1) is 5.06 Å². The minimum Gasteiger partial charge on any atom is -0.359 e. The molecule has 1 aliphatic rings. The van der Waals surface area contributed by atoms with Crippen LogP contribution in [0.3, 0.4) is 0 Å². The van der Waals surface area contributed by atoms with E-state index in [9.17, 15) is 19.2 Å². The monoisotopic (exact) mass is 214 g/mol. The van der Waals surface area contributed by atoms with Crippen molar-refractivity contribution in [1.82, 2.24) is 10.4 Å². The highest BCUT2D eigenvalue weighted by atomic mass is 16.7. The maximum Gasteiger partial charge on any atom is 0.342 e. The average Bonchev–Trinajstić information content (AvgIpc) is 2.49. The summed E-state index contributed by atoms with van der Waals surface area (Å²) < 4.78 is 0. The molecule has 1 N–H and O–H groups in total. The van der Waals surface area contributed by atoms with Crippen molar-refractivity contribution in [3.05, 3.63) is 0 Å². The molecule has 15 heavy (non-hydrogen) atoms. The van der Waals surface area contributed by atoms with Gasteiger partial charge < -0.3 is 10.2 Å². The van der Waals surface area contributed by atoms with Gasteiger partial charge in [0.05, 0.1) is 0 Å². The number of hydrogen-bond acceptors (Lipinski definition) is 5. The molecule has 1 saturated heterocycles. The Hall–Kier alpha value is -1.92. The van der Waals surface area contributed by atoms with E-state index in [4.69, 9.17) is 0 Å². The van der Waals surface area contributed by atoms with E-state index in [2.05, 4.69) is 10.2 Å². The normalized spacial score (nSPS) is 15.4. The molecule has 7 heteroatoms. The summed E-state index contributed by atoms with van der Waals surface area (Å²) in [5, 5.41) is 2.62. The fraction of sp³-hybridized carbons (Fsp3) is 0.500. The molecule has 0 aliphatic carbocycles. The second-order valence-corrected chi connectivity index (χ2v) is 2.90. The van der Waals surface area contributed by atoms with Crippen LogP contribution in [-0.2, 0) is 24.0 Å². The molecule has 1 fully saturated rings. The summed E-state index contributed by atoms with van der Waals surface area (Å²) in [5.74, 6) is -2.60. The van der Waals surface area contributed by atoms with Crippen LogP contribution in [0.5, 0.6) is 0 Å². The van der Waals surface area contributed by atoms with Gasteiger partial charge >= 0.3 is 5.97 Å². The first-order valence-electron chi connectivity index (χ1n) is 4.31. The minimum absolute atomic E-state index is 0.0338. The molecule has 0 saturated carbocycles. The fourth-order valence-corrected chi connectivity index (χ4v) is 1.01. The predicted molar refractivity (Wildman–Crippen MR) is 45.9 cm³/mol. The van der Waals surface area contributed by atoms with Crippen molar-refractivity contribution in [3.8, 4) is 0 Å². The summed E-state index contributed by atoms with van der Waals surface area (Å²) in [6.07, 6.45) is -0.453. The zero-order valence-corrected chi connectivity index (χ0v) is 8.11. The van der Waals surface area contributed by atoms with Crippen molar-refractivity contribution in [1.29, 1.82) is 0 Å². The number of carbonyl (C=O) groups excluding carboxylic acids is 4. The van der Waals surface area contributed by atoms with E-state index in [1.54, 1.807) is 0 Å². The first-order chi connectivity index (χ1) is 7.04. The van der Waals surface area contributed by atoms with Crippen molar-refractivity contribution in [3.63, 3.8) is 0 Å². The molecule has 0 aromatic heterocycles. The van der Waals surface area contributed by atoms with Crippen LogP contribution in [0.1, 0.15) is 19.3 Å². The Balaban J connectivity index is 2.47. The van der Waals surface area contributed by atoms with Crippen LogP contribution in [0.25, 0.3) is 0 Å². The van der Waals surface area contributed by atoms with Crippen molar-refractivity contribution >= 4 is 23.7 Å². The number of hydroxylamine groups is 2. The molecule has 0 spiro atoms. The van der Waals surface area contributed by atoms with Gasteiger partial charge in [-0.25, -0.2) is 4.79 Å². The van der Waals surface area contributed by atoms with E-state index in [0.717, 1.165) is 0 Å². The lowest BCUT2D eigenvalue weighted by Gasteiger charge is -2.11. The Kier molecular flexibility index (Phi) is 3.37. The van der Waals surface area contributed by atoms with Crippen molar-refractivity contribution in [2.45, 2.75) is 19.3 Å². The van der Waals surface area contributed by atoms with Crippen LogP contribution < -0.4 is 5.32 Å². The lowest BCUT2D eigenvalue weighted by Crippen LogP contribution is -2.34. The number of nitrogens with zero attached hydrogens (tertiary/aromatic N) is 1. The number of imide groups is 1. The molecule has 0 aromatic rings. The first kappa shape index (κ1) is 11.2. The summed E-state index contributed by atoms with van der Waals surface area (Å²) >= 11 is 0. The largest absolute Gasteiger partial charge is 0.359 e. The molecule has 1 rings (SSSR count). The predicted octanol–water partition coefficient (Wildman–Crippen LogP) is -1.27. The maximum absolute atomic E-state index is 11.0. The van der Waals surface area contributed by atoms with Crippen molar-refractivity contribution in [2.24, 2.45) is 0 Å². The number of rotatable bonds is 3. The number of nitrogens with one attached hydrogen (secondary N) is 1. The van der Waals surface area contributed by atoms with Gasteiger partial charge in [-0.2, -0.15) is 0 Å². The van der Waals surface area contributed by atoms with Gasteiger partial charge in [0.1, 0.15) is 6.42 Å². The quantitative estimate of drug-likeness (QED) is 0.467. The summed E-state index contributed by atoms with van der Waals surface area (Å²) in [7, 11) is 1.36. The van der Waals surface area contributed by atoms with E-state index < -0.39 is 30.1 Å². The van der Waals surface area contributed by atoms with Gasteiger partial charge in [0.25, 0.3) is 11.8 Å². The summed E-state index contributed by atoms with van der Waals surface area (Å²) in [6, 6.07) is 0. The van der Waals surface area contributed by atoms with Gasteiger partial charge in [0, 0.05) is 19.9 Å². The Bertz CT molecular complexity index is 309. The third-order valence-electron chi connectivity index (χ3n) is 1.78. The Morgan fingerprint density at radius 3 is 2.33 bits per heavy atom. The molecule has 3 amide bonds. The van der Waals surface area contributed by atoms with Crippen LogP contribution in [-0.4, -0.2) is 35.8 Å². The highest BCUT2D eigenvalue weighted by Crippen LogP contribution is 2.12. The van der Waals surface area contributed by atoms with Gasteiger partial charge in [0.15, 0.2) is 0 Å². The lowest BCUT2D eigenvalue weighted by molar-refractivity contribution is -0.197. The van der Waals surface area contributed by atoms with E-state index >= 15 is 0 Å². The van der Waals surface area contributed by atoms with E-state index in [-0.39, 0.29) is 12.8 Å². The second-order valence-electron chi connectivity index (χ2n) is 2.90. The zero-order chi connectivity index (χ0) is 11.4. The Morgan fingerprint density at radius 1 is 1.33 bits per heavy atom. The SMILES string of the molecule is CNC(=O)CC(=O)ON1C(=O)CCC1=O. The summed E-state index contributed by atoms with van der Waals surface area (Å²) in [6.45, 7) is 0.